The molecule has 1 atom stereocenters. The second-order valence-electron chi connectivity index (χ2n) is 4.66. The molecule has 1 aliphatic rings. The Morgan fingerprint density at radius 3 is 3.07 bits per heavy atom. The molecule has 0 saturated heterocycles. The van der Waals surface area contributed by atoms with Gasteiger partial charge in [-0.15, -0.1) is 0 Å². The van der Waals surface area contributed by atoms with E-state index in [9.17, 15) is 0 Å². The molecule has 0 spiro atoms. The third-order valence-electron chi connectivity index (χ3n) is 2.93. The molecule has 84 valence electrons. The van der Waals surface area contributed by atoms with E-state index in [0.29, 0.717) is 6.04 Å². The first-order valence-electron chi connectivity index (χ1n) is 6.08. The number of nitrogens with one attached hydrogen (secondary N) is 1. The SMILES string of the molecule is CCCn1nccc1NC(C)CC1CC1. The highest BCUT2D eigenvalue weighted by Gasteiger charge is 2.23. The van der Waals surface area contributed by atoms with E-state index < -0.39 is 0 Å². The molecule has 1 aromatic heterocycles. The third-order valence-corrected chi connectivity index (χ3v) is 2.93. The van der Waals surface area contributed by atoms with Gasteiger partial charge in [-0.1, -0.05) is 19.8 Å². The number of aromatic nitrogens is 2. The van der Waals surface area contributed by atoms with Gasteiger partial charge in [-0.05, 0) is 25.7 Å². The summed E-state index contributed by atoms with van der Waals surface area (Å²) in [5.41, 5.74) is 0. The molecule has 0 aromatic carbocycles. The highest BCUT2D eigenvalue weighted by Crippen LogP contribution is 2.34. The molecular formula is C12H21N3. The number of hydrogen-bond donors (Lipinski definition) is 1. The van der Waals surface area contributed by atoms with Crippen LogP contribution in [0.5, 0.6) is 0 Å². The molecular weight excluding hydrogens is 186 g/mol. The molecule has 1 saturated carbocycles. The Morgan fingerprint density at radius 1 is 1.60 bits per heavy atom. The summed E-state index contributed by atoms with van der Waals surface area (Å²) in [6.07, 6.45) is 7.17. The van der Waals surface area contributed by atoms with Crippen LogP contribution in [-0.4, -0.2) is 15.8 Å². The summed E-state index contributed by atoms with van der Waals surface area (Å²) in [6, 6.07) is 2.64. The van der Waals surface area contributed by atoms with Crippen molar-refractivity contribution in [1.82, 2.24) is 9.78 Å². The second-order valence-corrected chi connectivity index (χ2v) is 4.66. The zero-order valence-electron chi connectivity index (χ0n) is 9.74. The number of nitrogens with zero attached hydrogens (tertiary/aromatic N) is 2. The van der Waals surface area contributed by atoms with Gasteiger partial charge in [0.25, 0.3) is 0 Å². The van der Waals surface area contributed by atoms with Gasteiger partial charge in [-0.25, -0.2) is 4.68 Å². The van der Waals surface area contributed by atoms with Gasteiger partial charge in [0.15, 0.2) is 0 Å². The number of aryl methyl sites for hydroxylation is 1. The molecule has 2 rings (SSSR count). The molecule has 1 aliphatic carbocycles. The second kappa shape index (κ2) is 4.69. The van der Waals surface area contributed by atoms with Crippen molar-refractivity contribution in [3.8, 4) is 0 Å². The molecule has 0 aliphatic heterocycles. The summed E-state index contributed by atoms with van der Waals surface area (Å²) in [7, 11) is 0. The third kappa shape index (κ3) is 2.98. The van der Waals surface area contributed by atoms with E-state index in [2.05, 4.69) is 35.0 Å². The van der Waals surface area contributed by atoms with E-state index in [0.717, 1.165) is 18.9 Å². The van der Waals surface area contributed by atoms with E-state index in [4.69, 9.17) is 0 Å². The maximum Gasteiger partial charge on any atom is 0.124 e. The Balaban J connectivity index is 1.87. The molecule has 3 heteroatoms. The van der Waals surface area contributed by atoms with Crippen molar-refractivity contribution in [1.29, 1.82) is 0 Å². The molecule has 0 radical (unpaired) electrons. The topological polar surface area (TPSA) is 29.9 Å². The molecule has 15 heavy (non-hydrogen) atoms. The quantitative estimate of drug-likeness (QED) is 0.777. The molecule has 1 fully saturated rings. The van der Waals surface area contributed by atoms with E-state index in [1.54, 1.807) is 0 Å². The highest BCUT2D eigenvalue weighted by atomic mass is 15.3. The average Bonchev–Trinajstić information content (AvgIpc) is 2.90. The maximum absolute atomic E-state index is 4.31. The van der Waals surface area contributed by atoms with Gasteiger partial charge < -0.3 is 5.32 Å². The molecule has 1 aromatic rings. The Hall–Kier alpha value is -0.990. The first-order valence-corrected chi connectivity index (χ1v) is 6.08. The maximum atomic E-state index is 4.31. The van der Waals surface area contributed by atoms with Gasteiger partial charge in [0, 0.05) is 18.7 Å². The molecule has 1 unspecified atom stereocenters. The fraction of sp³-hybridized carbons (Fsp3) is 0.750. The lowest BCUT2D eigenvalue weighted by molar-refractivity contribution is 0.588. The fourth-order valence-corrected chi connectivity index (χ4v) is 2.01. The molecule has 1 N–H and O–H groups in total. The van der Waals surface area contributed by atoms with E-state index >= 15 is 0 Å². The van der Waals surface area contributed by atoms with Gasteiger partial charge in [-0.3, -0.25) is 0 Å². The number of anilines is 1. The zero-order chi connectivity index (χ0) is 10.7. The lowest BCUT2D eigenvalue weighted by Gasteiger charge is -2.15. The van der Waals surface area contributed by atoms with Crippen LogP contribution < -0.4 is 5.32 Å². The first kappa shape index (κ1) is 10.5. The minimum Gasteiger partial charge on any atom is -0.368 e. The van der Waals surface area contributed by atoms with E-state index in [-0.39, 0.29) is 0 Å². The van der Waals surface area contributed by atoms with Crippen LogP contribution in [0.1, 0.15) is 39.5 Å². The normalized spacial score (nSPS) is 17.7. The predicted octanol–water partition coefficient (Wildman–Crippen LogP) is 2.89. The number of hydrogen-bond acceptors (Lipinski definition) is 2. The highest BCUT2D eigenvalue weighted by molar-refractivity contribution is 5.34. The summed E-state index contributed by atoms with van der Waals surface area (Å²) in [4.78, 5) is 0. The van der Waals surface area contributed by atoms with Crippen molar-refractivity contribution < 1.29 is 0 Å². The summed E-state index contributed by atoms with van der Waals surface area (Å²) >= 11 is 0. The monoisotopic (exact) mass is 207 g/mol. The van der Waals surface area contributed by atoms with E-state index in [1.165, 1.54) is 25.1 Å². The molecule has 3 nitrogen and oxygen atoms in total. The Kier molecular flexibility index (Phi) is 3.29. The lowest BCUT2D eigenvalue weighted by atomic mass is 10.1. The minimum absolute atomic E-state index is 0.574. The summed E-state index contributed by atoms with van der Waals surface area (Å²) < 4.78 is 2.06. The van der Waals surface area contributed by atoms with Crippen molar-refractivity contribution in [2.24, 2.45) is 5.92 Å². The van der Waals surface area contributed by atoms with Crippen LogP contribution in [0, 0.1) is 5.92 Å². The van der Waals surface area contributed by atoms with Crippen LogP contribution in [0.3, 0.4) is 0 Å². The Morgan fingerprint density at radius 2 is 2.40 bits per heavy atom. The minimum atomic E-state index is 0.574. The standard InChI is InChI=1S/C12H21N3/c1-3-8-15-12(6-7-13-15)14-10(2)9-11-4-5-11/h6-7,10-11,14H,3-5,8-9H2,1-2H3. The van der Waals surface area contributed by atoms with Crippen LogP contribution in [0.2, 0.25) is 0 Å². The van der Waals surface area contributed by atoms with Gasteiger partial charge >= 0.3 is 0 Å². The van der Waals surface area contributed by atoms with Gasteiger partial charge in [-0.2, -0.15) is 5.10 Å². The van der Waals surface area contributed by atoms with Crippen LogP contribution in [0.15, 0.2) is 12.3 Å². The lowest BCUT2D eigenvalue weighted by Crippen LogP contribution is -2.18. The number of rotatable bonds is 6. The van der Waals surface area contributed by atoms with Gasteiger partial charge in [0.2, 0.25) is 0 Å². The van der Waals surface area contributed by atoms with Crippen molar-refractivity contribution in [2.75, 3.05) is 5.32 Å². The van der Waals surface area contributed by atoms with E-state index in [1.807, 2.05) is 6.20 Å². The van der Waals surface area contributed by atoms with Gasteiger partial charge in [0.1, 0.15) is 5.82 Å². The van der Waals surface area contributed by atoms with Crippen LogP contribution in [0.25, 0.3) is 0 Å². The molecule has 0 bridgehead atoms. The van der Waals surface area contributed by atoms with Crippen LogP contribution >= 0.6 is 0 Å². The smallest absolute Gasteiger partial charge is 0.124 e. The fourth-order valence-electron chi connectivity index (χ4n) is 2.01. The average molecular weight is 207 g/mol. The summed E-state index contributed by atoms with van der Waals surface area (Å²) in [5.74, 6) is 2.15. The summed E-state index contributed by atoms with van der Waals surface area (Å²) in [5, 5.41) is 7.86. The van der Waals surface area contributed by atoms with Gasteiger partial charge in [0.05, 0.1) is 6.20 Å². The summed E-state index contributed by atoms with van der Waals surface area (Å²) in [6.45, 7) is 5.45. The van der Waals surface area contributed by atoms with Crippen LogP contribution in [0.4, 0.5) is 5.82 Å². The predicted molar refractivity (Wildman–Crippen MR) is 62.9 cm³/mol. The molecule has 1 heterocycles. The Bertz CT molecular complexity index is 302. The van der Waals surface area contributed by atoms with Crippen LogP contribution in [-0.2, 0) is 6.54 Å². The Labute approximate surface area is 91.9 Å². The van der Waals surface area contributed by atoms with Crippen molar-refractivity contribution in [3.05, 3.63) is 12.3 Å². The zero-order valence-corrected chi connectivity index (χ0v) is 9.74. The van der Waals surface area contributed by atoms with Crippen molar-refractivity contribution in [2.45, 2.75) is 52.1 Å². The molecule has 0 amide bonds. The first-order chi connectivity index (χ1) is 7.29. The van der Waals surface area contributed by atoms with Crippen molar-refractivity contribution >= 4 is 5.82 Å². The van der Waals surface area contributed by atoms with Crippen molar-refractivity contribution in [3.63, 3.8) is 0 Å². The largest absolute Gasteiger partial charge is 0.368 e.